The number of imidazole rings is 1. The van der Waals surface area contributed by atoms with Crippen molar-refractivity contribution >= 4 is 5.91 Å². The Morgan fingerprint density at radius 3 is 2.47 bits per heavy atom. The molecular weight excluding hydrogens is 426 g/mol. The number of nitrogens with zero attached hydrogens (tertiary/aromatic N) is 6. The van der Waals surface area contributed by atoms with Crippen LogP contribution in [0, 0.1) is 13.8 Å². The first-order chi connectivity index (χ1) is 16.5. The van der Waals surface area contributed by atoms with Gasteiger partial charge >= 0.3 is 0 Å². The van der Waals surface area contributed by atoms with Gasteiger partial charge in [-0.05, 0) is 70.6 Å². The fraction of sp³-hybridized carbons (Fsp3) is 0.462. The molecule has 0 bridgehead atoms. The fourth-order valence-corrected chi connectivity index (χ4v) is 4.96. The van der Waals surface area contributed by atoms with Gasteiger partial charge in [0, 0.05) is 62.1 Å². The highest BCUT2D eigenvalue weighted by atomic mass is 16.2. The number of aromatic amines is 1. The van der Waals surface area contributed by atoms with Gasteiger partial charge in [-0.25, -0.2) is 4.98 Å². The van der Waals surface area contributed by atoms with E-state index >= 15 is 0 Å². The second-order valence-corrected chi connectivity index (χ2v) is 9.55. The number of likely N-dealkylation sites (tertiary alicyclic amines) is 1. The Balaban J connectivity index is 1.27. The smallest absolute Gasteiger partial charge is 0.255 e. The quantitative estimate of drug-likeness (QED) is 0.646. The molecule has 0 spiro atoms. The largest absolute Gasteiger partial charge is 0.341 e. The number of amides is 1. The van der Waals surface area contributed by atoms with E-state index in [9.17, 15) is 4.79 Å². The van der Waals surface area contributed by atoms with E-state index < -0.39 is 0 Å². The van der Waals surface area contributed by atoms with Gasteiger partial charge in [0.15, 0.2) is 5.82 Å². The lowest BCUT2D eigenvalue weighted by molar-refractivity contribution is 0.0475. The highest BCUT2D eigenvalue weighted by molar-refractivity contribution is 5.95. The van der Waals surface area contributed by atoms with E-state index in [1.165, 1.54) is 12.8 Å². The lowest BCUT2D eigenvalue weighted by Gasteiger charge is -2.42. The molecule has 2 aliphatic rings. The van der Waals surface area contributed by atoms with Crippen LogP contribution in [-0.2, 0) is 0 Å². The van der Waals surface area contributed by atoms with Crippen molar-refractivity contribution in [3.8, 4) is 22.6 Å². The summed E-state index contributed by atoms with van der Waals surface area (Å²) in [5, 5.41) is 0. The number of pyridine rings is 2. The van der Waals surface area contributed by atoms with E-state index in [1.54, 1.807) is 18.6 Å². The van der Waals surface area contributed by atoms with Crippen molar-refractivity contribution in [2.45, 2.75) is 32.7 Å². The van der Waals surface area contributed by atoms with Gasteiger partial charge in [0.1, 0.15) is 5.69 Å². The van der Waals surface area contributed by atoms with E-state index in [0.29, 0.717) is 11.6 Å². The Bertz CT molecular complexity index is 1140. The molecule has 8 heteroatoms. The number of nitrogens with one attached hydrogen (secondary N) is 1. The number of piperidine rings is 1. The molecule has 3 aromatic rings. The molecule has 1 N–H and O–H groups in total. The number of aromatic nitrogens is 4. The van der Waals surface area contributed by atoms with Crippen LogP contribution in [0.5, 0.6) is 0 Å². The molecule has 5 rings (SSSR count). The second kappa shape index (κ2) is 9.64. The van der Waals surface area contributed by atoms with Crippen molar-refractivity contribution in [1.29, 1.82) is 0 Å². The van der Waals surface area contributed by atoms with Crippen molar-refractivity contribution in [3.05, 3.63) is 53.7 Å². The third-order valence-electron chi connectivity index (χ3n) is 7.26. The Labute approximate surface area is 201 Å². The molecule has 0 aliphatic carbocycles. The summed E-state index contributed by atoms with van der Waals surface area (Å²) in [4.78, 5) is 36.9. The predicted octanol–water partition coefficient (Wildman–Crippen LogP) is 3.00. The first kappa shape index (κ1) is 22.7. The predicted molar refractivity (Wildman–Crippen MR) is 133 cm³/mol. The Morgan fingerprint density at radius 2 is 1.76 bits per heavy atom. The van der Waals surface area contributed by atoms with Crippen LogP contribution in [0.3, 0.4) is 0 Å². The third-order valence-corrected chi connectivity index (χ3v) is 7.26. The maximum absolute atomic E-state index is 13.3. The topological polar surface area (TPSA) is 81.2 Å². The molecule has 2 aliphatic heterocycles. The maximum atomic E-state index is 13.3. The van der Waals surface area contributed by atoms with Gasteiger partial charge in [0.25, 0.3) is 5.91 Å². The third kappa shape index (κ3) is 4.74. The van der Waals surface area contributed by atoms with Gasteiger partial charge in [-0.1, -0.05) is 0 Å². The first-order valence-corrected chi connectivity index (χ1v) is 12.1. The number of carbonyl (C=O) groups excluding carboxylic acids is 1. The summed E-state index contributed by atoms with van der Waals surface area (Å²) >= 11 is 0. The number of aryl methyl sites for hydroxylation is 2. The van der Waals surface area contributed by atoms with E-state index in [4.69, 9.17) is 0 Å². The van der Waals surface area contributed by atoms with Crippen LogP contribution in [0.2, 0.25) is 0 Å². The molecule has 5 heterocycles. The summed E-state index contributed by atoms with van der Waals surface area (Å²) in [5.74, 6) is 0.809. The number of hydrogen-bond donors (Lipinski definition) is 1. The maximum Gasteiger partial charge on any atom is 0.255 e. The molecule has 1 amide bonds. The monoisotopic (exact) mass is 459 g/mol. The van der Waals surface area contributed by atoms with Crippen molar-refractivity contribution in [2.24, 2.45) is 0 Å². The minimum atomic E-state index is 0.0592. The summed E-state index contributed by atoms with van der Waals surface area (Å²) in [5.41, 5.74) is 5.27. The lowest BCUT2D eigenvalue weighted by atomic mass is 10.0. The van der Waals surface area contributed by atoms with E-state index in [2.05, 4.69) is 36.8 Å². The SMILES string of the molecule is Cc1nc(-c2cc(-c3cncc(C(=O)N4CCN(C5CCN(C)CC5)CC4)c3)ccn2)[nH]c1C. The number of H-pyrrole nitrogens is 1. The summed E-state index contributed by atoms with van der Waals surface area (Å²) in [6.45, 7) is 9.74. The van der Waals surface area contributed by atoms with Crippen LogP contribution in [0.1, 0.15) is 34.6 Å². The Morgan fingerprint density at radius 1 is 1.00 bits per heavy atom. The van der Waals surface area contributed by atoms with Gasteiger partial charge < -0.3 is 14.8 Å². The van der Waals surface area contributed by atoms with E-state index in [0.717, 1.165) is 73.3 Å². The molecule has 0 radical (unpaired) electrons. The summed E-state index contributed by atoms with van der Waals surface area (Å²) in [6.07, 6.45) is 7.70. The van der Waals surface area contributed by atoms with Gasteiger partial charge in [-0.3, -0.25) is 19.7 Å². The molecule has 3 aromatic heterocycles. The second-order valence-electron chi connectivity index (χ2n) is 9.55. The van der Waals surface area contributed by atoms with Crippen LogP contribution in [0.4, 0.5) is 0 Å². The van der Waals surface area contributed by atoms with Crippen LogP contribution >= 0.6 is 0 Å². The molecule has 34 heavy (non-hydrogen) atoms. The van der Waals surface area contributed by atoms with Crippen LogP contribution in [0.25, 0.3) is 22.6 Å². The summed E-state index contributed by atoms with van der Waals surface area (Å²) in [6, 6.07) is 6.53. The van der Waals surface area contributed by atoms with Crippen molar-refractivity contribution in [1.82, 2.24) is 34.6 Å². The zero-order valence-electron chi connectivity index (χ0n) is 20.3. The molecule has 0 aromatic carbocycles. The minimum Gasteiger partial charge on any atom is -0.341 e. The molecule has 0 saturated carbocycles. The molecule has 2 saturated heterocycles. The standard InChI is InChI=1S/C26H33N7O/c1-18-19(2)30-25(29-18)24-15-20(4-7-28-24)21-14-22(17-27-16-21)26(34)33-12-10-32(11-13-33)23-5-8-31(3)9-6-23/h4,7,14-17,23H,5-6,8-13H2,1-3H3,(H,29,30). The Hall–Kier alpha value is -3.10. The lowest BCUT2D eigenvalue weighted by Crippen LogP contribution is -2.54. The molecular formula is C26H33N7O. The van der Waals surface area contributed by atoms with Crippen molar-refractivity contribution in [2.75, 3.05) is 46.3 Å². The molecule has 2 fully saturated rings. The average molecular weight is 460 g/mol. The van der Waals surface area contributed by atoms with E-state index in [-0.39, 0.29) is 5.91 Å². The zero-order valence-corrected chi connectivity index (χ0v) is 20.3. The number of hydrogen-bond acceptors (Lipinski definition) is 6. The van der Waals surface area contributed by atoms with Crippen molar-refractivity contribution in [3.63, 3.8) is 0 Å². The fourth-order valence-electron chi connectivity index (χ4n) is 4.96. The molecule has 0 unspecified atom stereocenters. The number of rotatable bonds is 4. The normalized spacial score (nSPS) is 18.4. The highest BCUT2D eigenvalue weighted by Crippen LogP contribution is 2.25. The molecule has 8 nitrogen and oxygen atoms in total. The highest BCUT2D eigenvalue weighted by Gasteiger charge is 2.28. The van der Waals surface area contributed by atoms with Crippen molar-refractivity contribution < 1.29 is 4.79 Å². The van der Waals surface area contributed by atoms with Crippen LogP contribution < -0.4 is 0 Å². The number of piperazine rings is 1. The van der Waals surface area contributed by atoms with E-state index in [1.807, 2.05) is 36.9 Å². The number of carbonyl (C=O) groups is 1. The summed E-state index contributed by atoms with van der Waals surface area (Å²) in [7, 11) is 2.20. The summed E-state index contributed by atoms with van der Waals surface area (Å²) < 4.78 is 0. The zero-order chi connectivity index (χ0) is 23.7. The van der Waals surface area contributed by atoms with Crippen LogP contribution in [-0.4, -0.2) is 92.9 Å². The van der Waals surface area contributed by atoms with Gasteiger partial charge in [-0.2, -0.15) is 0 Å². The average Bonchev–Trinajstić information content (AvgIpc) is 3.22. The molecule has 0 atom stereocenters. The Kier molecular flexibility index (Phi) is 6.43. The van der Waals surface area contributed by atoms with Gasteiger partial charge in [0.2, 0.25) is 0 Å². The minimum absolute atomic E-state index is 0.0592. The molecule has 178 valence electrons. The van der Waals surface area contributed by atoms with Gasteiger partial charge in [0.05, 0.1) is 11.3 Å². The first-order valence-electron chi connectivity index (χ1n) is 12.1. The van der Waals surface area contributed by atoms with Gasteiger partial charge in [-0.15, -0.1) is 0 Å². The van der Waals surface area contributed by atoms with Crippen LogP contribution in [0.15, 0.2) is 36.8 Å².